The number of benzene rings is 1. The largest absolute Gasteiger partial charge is 0.329 e. The van der Waals surface area contributed by atoms with Gasteiger partial charge >= 0.3 is 0 Å². The molecule has 5 rings (SSSR count). The summed E-state index contributed by atoms with van der Waals surface area (Å²) in [5, 5.41) is 7.60. The minimum atomic E-state index is -0.355. The molecule has 1 aliphatic carbocycles. The molecule has 1 aromatic heterocycles. The second kappa shape index (κ2) is 6.97. The molecule has 8 heteroatoms. The van der Waals surface area contributed by atoms with Crippen LogP contribution in [0.4, 0.5) is 4.48 Å². The zero-order chi connectivity index (χ0) is 20.0. The van der Waals surface area contributed by atoms with Crippen molar-refractivity contribution >= 4 is 5.91 Å². The lowest BCUT2D eigenvalue weighted by Crippen LogP contribution is -2.41. The summed E-state index contributed by atoms with van der Waals surface area (Å²) in [4.78, 5) is 16.8. The van der Waals surface area contributed by atoms with E-state index in [1.54, 1.807) is 12.5 Å². The molecule has 7 nitrogen and oxygen atoms in total. The topological polar surface area (TPSA) is 75.1 Å². The van der Waals surface area contributed by atoms with Gasteiger partial charge in [-0.1, -0.05) is 34.8 Å². The molecule has 2 N–H and O–H groups in total. The molecule has 3 aliphatic rings. The van der Waals surface area contributed by atoms with Gasteiger partial charge in [-0.3, -0.25) is 4.79 Å². The molecule has 2 aliphatic heterocycles. The number of amides is 1. The van der Waals surface area contributed by atoms with E-state index in [0.29, 0.717) is 18.3 Å². The van der Waals surface area contributed by atoms with Gasteiger partial charge in [0.15, 0.2) is 0 Å². The first-order valence-corrected chi connectivity index (χ1v) is 9.74. The van der Waals surface area contributed by atoms with Gasteiger partial charge in [0, 0.05) is 36.9 Å². The molecule has 0 saturated heterocycles. The molecule has 0 fully saturated rings. The summed E-state index contributed by atoms with van der Waals surface area (Å²) < 4.78 is 16.5. The van der Waals surface area contributed by atoms with Crippen LogP contribution in [0.15, 0.2) is 71.4 Å². The van der Waals surface area contributed by atoms with Crippen molar-refractivity contribution in [2.75, 3.05) is 6.54 Å². The Balaban J connectivity index is 1.75. The van der Waals surface area contributed by atoms with Crippen LogP contribution >= 0.6 is 0 Å². The third kappa shape index (κ3) is 2.87. The second-order valence-corrected chi connectivity index (χ2v) is 7.37. The van der Waals surface area contributed by atoms with Gasteiger partial charge in [-0.15, -0.1) is 5.23 Å². The van der Waals surface area contributed by atoms with E-state index in [9.17, 15) is 9.28 Å². The Morgan fingerprint density at radius 2 is 2.10 bits per heavy atom. The lowest BCUT2D eigenvalue weighted by atomic mass is 9.68. The number of hydrogen-bond donors (Lipinski definition) is 2. The van der Waals surface area contributed by atoms with Crippen LogP contribution in [0.2, 0.25) is 0 Å². The van der Waals surface area contributed by atoms with Crippen molar-refractivity contribution in [1.29, 1.82) is 0 Å². The SMILES string of the molecule is CCn1ncnc1C1C2=CNC(=O)C=C3C2=C(CNN3F)CC1c1ccccc1. The average molecular weight is 392 g/mol. The van der Waals surface area contributed by atoms with Crippen LogP contribution in [-0.2, 0) is 11.3 Å². The number of nitrogens with one attached hydrogen (secondary N) is 2. The third-order valence-corrected chi connectivity index (χ3v) is 5.83. The molecule has 1 aromatic carbocycles. The van der Waals surface area contributed by atoms with E-state index in [1.165, 1.54) is 11.6 Å². The normalized spacial score (nSPS) is 23.8. The number of rotatable bonds is 3. The smallest absolute Gasteiger partial charge is 0.250 e. The highest BCUT2D eigenvalue weighted by Crippen LogP contribution is 2.51. The van der Waals surface area contributed by atoms with Gasteiger partial charge in [0.25, 0.3) is 0 Å². The van der Waals surface area contributed by atoms with Gasteiger partial charge < -0.3 is 5.32 Å². The highest BCUT2D eigenvalue weighted by atomic mass is 19.2. The fraction of sp³-hybridized carbons (Fsp3) is 0.286. The van der Waals surface area contributed by atoms with Crippen molar-refractivity contribution < 1.29 is 9.28 Å². The van der Waals surface area contributed by atoms with E-state index >= 15 is 0 Å². The Morgan fingerprint density at radius 3 is 2.90 bits per heavy atom. The summed E-state index contributed by atoms with van der Waals surface area (Å²) in [5.74, 6) is 0.400. The summed E-state index contributed by atoms with van der Waals surface area (Å²) in [6.45, 7) is 3.09. The number of carbonyl (C=O) groups excluding carboxylic acids is 1. The fourth-order valence-corrected chi connectivity index (χ4v) is 4.59. The van der Waals surface area contributed by atoms with Crippen molar-refractivity contribution in [2.45, 2.75) is 31.7 Å². The molecule has 0 spiro atoms. The lowest BCUT2D eigenvalue weighted by molar-refractivity contribution is -0.115. The number of allylic oxidation sites excluding steroid dienone is 1. The molecule has 3 heterocycles. The summed E-state index contributed by atoms with van der Waals surface area (Å²) in [6, 6.07) is 10.3. The molecule has 1 amide bonds. The number of halogens is 1. The summed E-state index contributed by atoms with van der Waals surface area (Å²) in [7, 11) is 0. The monoisotopic (exact) mass is 392 g/mol. The summed E-state index contributed by atoms with van der Waals surface area (Å²) >= 11 is 0. The minimum Gasteiger partial charge on any atom is -0.329 e. The number of aromatic nitrogens is 3. The van der Waals surface area contributed by atoms with Crippen LogP contribution in [0.5, 0.6) is 0 Å². The molecule has 0 radical (unpaired) electrons. The third-order valence-electron chi connectivity index (χ3n) is 5.83. The van der Waals surface area contributed by atoms with Crippen LogP contribution in [0.25, 0.3) is 0 Å². The first kappa shape index (κ1) is 17.8. The standard InChI is InChI=1S/C21H21FN6O/c1-2-27-21(24-12-26-27)20-15(13-6-4-3-5-7-13)8-14-10-25-28(22)17-9-18(29)23-11-16(20)19(14)17/h3-7,9,11-12,15,20,25H,2,8,10H2,1H3,(H,23,29). The lowest BCUT2D eigenvalue weighted by Gasteiger charge is -2.40. The first-order chi connectivity index (χ1) is 14.2. The average Bonchev–Trinajstić information content (AvgIpc) is 3.14. The Morgan fingerprint density at radius 1 is 1.28 bits per heavy atom. The zero-order valence-electron chi connectivity index (χ0n) is 16.0. The Hall–Kier alpha value is -3.26. The van der Waals surface area contributed by atoms with Crippen LogP contribution in [0, 0.1) is 0 Å². The molecule has 2 aromatic rings. The molecule has 2 atom stereocenters. The van der Waals surface area contributed by atoms with Crippen LogP contribution in [0.3, 0.4) is 0 Å². The van der Waals surface area contributed by atoms with Crippen molar-refractivity contribution in [3.05, 3.63) is 82.7 Å². The van der Waals surface area contributed by atoms with Crippen molar-refractivity contribution in [2.24, 2.45) is 0 Å². The number of carbonyl (C=O) groups is 1. The van der Waals surface area contributed by atoms with Gasteiger partial charge in [-0.2, -0.15) is 5.10 Å². The molecule has 29 heavy (non-hydrogen) atoms. The Kier molecular flexibility index (Phi) is 4.28. The van der Waals surface area contributed by atoms with Crippen molar-refractivity contribution in [1.82, 2.24) is 30.7 Å². The van der Waals surface area contributed by atoms with Crippen LogP contribution in [0.1, 0.15) is 36.6 Å². The van der Waals surface area contributed by atoms with Gasteiger partial charge in [0.05, 0.1) is 5.92 Å². The number of aryl methyl sites for hydroxylation is 1. The van der Waals surface area contributed by atoms with Crippen LogP contribution in [-0.4, -0.2) is 32.4 Å². The predicted molar refractivity (Wildman–Crippen MR) is 105 cm³/mol. The zero-order valence-corrected chi connectivity index (χ0v) is 16.0. The van der Waals surface area contributed by atoms with Crippen LogP contribution < -0.4 is 10.7 Å². The number of nitrogens with zero attached hydrogens (tertiary/aromatic N) is 4. The molecule has 2 unspecified atom stereocenters. The Labute approximate surface area is 167 Å². The van der Waals surface area contributed by atoms with Crippen molar-refractivity contribution in [3.8, 4) is 0 Å². The van der Waals surface area contributed by atoms with Gasteiger partial charge in [0.2, 0.25) is 5.91 Å². The van der Waals surface area contributed by atoms with Gasteiger partial charge in [-0.25, -0.2) is 15.1 Å². The van der Waals surface area contributed by atoms with E-state index in [2.05, 4.69) is 33.0 Å². The Bertz CT molecular complexity index is 1050. The summed E-state index contributed by atoms with van der Waals surface area (Å²) in [6.07, 6.45) is 5.32. The first-order valence-electron chi connectivity index (χ1n) is 9.74. The predicted octanol–water partition coefficient (Wildman–Crippen LogP) is 2.47. The maximum Gasteiger partial charge on any atom is 0.250 e. The maximum absolute atomic E-state index is 14.6. The quantitative estimate of drug-likeness (QED) is 0.785. The van der Waals surface area contributed by atoms with Gasteiger partial charge in [-0.05, 0) is 30.1 Å². The molecule has 0 saturated carbocycles. The molecule has 148 valence electrons. The molecular formula is C21H21FN6O. The van der Waals surface area contributed by atoms with E-state index in [1.807, 2.05) is 29.8 Å². The minimum absolute atomic E-state index is 0.0971. The van der Waals surface area contributed by atoms with Gasteiger partial charge in [0.1, 0.15) is 17.8 Å². The molecule has 0 bridgehead atoms. The number of hydrogen-bond acceptors (Lipinski definition) is 5. The summed E-state index contributed by atoms with van der Waals surface area (Å²) in [5.41, 5.74) is 6.88. The maximum atomic E-state index is 14.6. The second-order valence-electron chi connectivity index (χ2n) is 7.37. The number of hydrazine groups is 1. The fourth-order valence-electron chi connectivity index (χ4n) is 4.59. The van der Waals surface area contributed by atoms with Crippen molar-refractivity contribution in [3.63, 3.8) is 0 Å². The van der Waals surface area contributed by atoms with E-state index in [4.69, 9.17) is 0 Å². The highest BCUT2D eigenvalue weighted by molar-refractivity contribution is 5.91. The molecular weight excluding hydrogens is 371 g/mol. The van der Waals surface area contributed by atoms with E-state index in [0.717, 1.165) is 29.0 Å². The highest BCUT2D eigenvalue weighted by Gasteiger charge is 2.43. The van der Waals surface area contributed by atoms with E-state index in [-0.39, 0.29) is 23.4 Å². The van der Waals surface area contributed by atoms with E-state index < -0.39 is 0 Å².